The maximum atomic E-state index is 11.7. The van der Waals surface area contributed by atoms with Crippen LogP contribution in [0.15, 0.2) is 18.2 Å². The average Bonchev–Trinajstić information content (AvgIpc) is 2.86. The molecule has 1 fully saturated rings. The molecule has 0 spiro atoms. The largest absolute Gasteiger partial charge is 0.508 e. The Kier molecular flexibility index (Phi) is 2.36. The van der Waals surface area contributed by atoms with Crippen LogP contribution >= 0.6 is 0 Å². The van der Waals surface area contributed by atoms with Gasteiger partial charge in [0.1, 0.15) is 5.75 Å². The molecule has 0 saturated heterocycles. The number of nitrogens with one attached hydrogen (secondary N) is 1. The number of phenolic OH excluding ortho intramolecular Hbond substituents is 1. The summed E-state index contributed by atoms with van der Waals surface area (Å²) in [6.07, 6.45) is 0.837. The Bertz CT molecular complexity index is 404. The van der Waals surface area contributed by atoms with E-state index in [1.807, 2.05) is 0 Å². The molecule has 1 aromatic rings. The lowest BCUT2D eigenvalue weighted by molar-refractivity contribution is 0.0949. The Balaban J connectivity index is 2.14. The molecular weight excluding hydrogens is 192 g/mol. The normalized spacial score (nSPS) is 23.6. The van der Waals surface area contributed by atoms with Gasteiger partial charge in [-0.25, -0.2) is 0 Å². The molecule has 80 valence electrons. The maximum Gasteiger partial charge on any atom is 0.251 e. The SMILES string of the molecule is Cc1c(O)cccc1C(=O)NC1CC1N. The molecular formula is C11H14N2O2. The third-order valence-corrected chi connectivity index (χ3v) is 2.71. The van der Waals surface area contributed by atoms with E-state index in [0.717, 1.165) is 6.42 Å². The molecule has 4 nitrogen and oxygen atoms in total. The van der Waals surface area contributed by atoms with Gasteiger partial charge in [0.05, 0.1) is 0 Å². The van der Waals surface area contributed by atoms with E-state index in [9.17, 15) is 9.90 Å². The molecule has 1 aromatic carbocycles. The third-order valence-electron chi connectivity index (χ3n) is 2.71. The van der Waals surface area contributed by atoms with Crippen molar-refractivity contribution >= 4 is 5.91 Å². The molecule has 1 aliphatic rings. The van der Waals surface area contributed by atoms with Gasteiger partial charge in [-0.1, -0.05) is 6.07 Å². The predicted octanol–water partition coefficient (Wildman–Crippen LogP) is 0.530. The third kappa shape index (κ3) is 1.94. The van der Waals surface area contributed by atoms with Crippen LogP contribution in [0, 0.1) is 6.92 Å². The first-order valence-corrected chi connectivity index (χ1v) is 4.94. The molecule has 4 N–H and O–H groups in total. The van der Waals surface area contributed by atoms with E-state index in [2.05, 4.69) is 5.32 Å². The number of phenols is 1. The van der Waals surface area contributed by atoms with Crippen molar-refractivity contribution in [2.24, 2.45) is 5.73 Å². The van der Waals surface area contributed by atoms with Crippen LogP contribution in [0.25, 0.3) is 0 Å². The van der Waals surface area contributed by atoms with E-state index in [4.69, 9.17) is 5.73 Å². The van der Waals surface area contributed by atoms with Crippen molar-refractivity contribution in [3.63, 3.8) is 0 Å². The fraction of sp³-hybridized carbons (Fsp3) is 0.364. The smallest absolute Gasteiger partial charge is 0.251 e. The van der Waals surface area contributed by atoms with Crippen LogP contribution in [0.4, 0.5) is 0 Å². The minimum absolute atomic E-state index is 0.0894. The van der Waals surface area contributed by atoms with Crippen molar-refractivity contribution < 1.29 is 9.90 Å². The number of amides is 1. The van der Waals surface area contributed by atoms with E-state index in [1.165, 1.54) is 0 Å². The van der Waals surface area contributed by atoms with Gasteiger partial charge in [-0.15, -0.1) is 0 Å². The quantitative estimate of drug-likeness (QED) is 0.660. The summed E-state index contributed by atoms with van der Waals surface area (Å²) in [5.41, 5.74) is 6.71. The van der Waals surface area contributed by atoms with Crippen molar-refractivity contribution in [3.05, 3.63) is 29.3 Å². The predicted molar refractivity (Wildman–Crippen MR) is 56.7 cm³/mol. The molecule has 4 heteroatoms. The van der Waals surface area contributed by atoms with Gasteiger partial charge in [0, 0.05) is 23.2 Å². The van der Waals surface area contributed by atoms with Crippen molar-refractivity contribution in [2.45, 2.75) is 25.4 Å². The topological polar surface area (TPSA) is 75.3 Å². The number of aromatic hydroxyl groups is 1. The second-order valence-electron chi connectivity index (χ2n) is 3.93. The number of hydrogen-bond acceptors (Lipinski definition) is 3. The number of benzene rings is 1. The van der Waals surface area contributed by atoms with Crippen LogP contribution in [-0.4, -0.2) is 23.1 Å². The fourth-order valence-corrected chi connectivity index (χ4v) is 1.50. The molecule has 15 heavy (non-hydrogen) atoms. The first-order valence-electron chi connectivity index (χ1n) is 4.94. The van der Waals surface area contributed by atoms with Gasteiger partial charge in [-0.3, -0.25) is 4.79 Å². The van der Waals surface area contributed by atoms with E-state index >= 15 is 0 Å². The zero-order valence-electron chi connectivity index (χ0n) is 8.53. The van der Waals surface area contributed by atoms with Gasteiger partial charge in [0.25, 0.3) is 5.91 Å². The second-order valence-corrected chi connectivity index (χ2v) is 3.93. The van der Waals surface area contributed by atoms with Gasteiger partial charge in [0.15, 0.2) is 0 Å². The Hall–Kier alpha value is -1.55. The highest BCUT2D eigenvalue weighted by Crippen LogP contribution is 2.22. The molecule has 1 aliphatic carbocycles. The zero-order valence-corrected chi connectivity index (χ0v) is 8.53. The molecule has 0 aromatic heterocycles. The van der Waals surface area contributed by atoms with Crippen LogP contribution in [0.2, 0.25) is 0 Å². The van der Waals surface area contributed by atoms with Crippen LogP contribution in [-0.2, 0) is 0 Å². The van der Waals surface area contributed by atoms with E-state index < -0.39 is 0 Å². The summed E-state index contributed by atoms with van der Waals surface area (Å²) in [6.45, 7) is 1.72. The number of carbonyl (C=O) groups excluding carboxylic acids is 1. The van der Waals surface area contributed by atoms with Gasteiger partial charge >= 0.3 is 0 Å². The molecule has 0 radical (unpaired) electrons. The Morgan fingerprint density at radius 3 is 2.87 bits per heavy atom. The Labute approximate surface area is 88.1 Å². The molecule has 1 amide bonds. The summed E-state index contributed by atoms with van der Waals surface area (Å²) < 4.78 is 0. The minimum Gasteiger partial charge on any atom is -0.508 e. The molecule has 0 aliphatic heterocycles. The first kappa shape index (κ1) is 9.98. The molecule has 2 atom stereocenters. The highest BCUT2D eigenvalue weighted by molar-refractivity contribution is 5.96. The van der Waals surface area contributed by atoms with E-state index in [1.54, 1.807) is 25.1 Å². The van der Waals surface area contributed by atoms with Crippen molar-refractivity contribution in [3.8, 4) is 5.75 Å². The average molecular weight is 206 g/mol. The number of carbonyl (C=O) groups is 1. The highest BCUT2D eigenvalue weighted by Gasteiger charge is 2.35. The number of hydrogen-bond donors (Lipinski definition) is 3. The van der Waals surface area contributed by atoms with E-state index in [-0.39, 0.29) is 23.7 Å². The number of nitrogens with two attached hydrogens (primary N) is 1. The highest BCUT2D eigenvalue weighted by atomic mass is 16.3. The summed E-state index contributed by atoms with van der Waals surface area (Å²) in [7, 11) is 0. The summed E-state index contributed by atoms with van der Waals surface area (Å²) in [5, 5.41) is 12.3. The van der Waals surface area contributed by atoms with Crippen molar-refractivity contribution in [2.75, 3.05) is 0 Å². The van der Waals surface area contributed by atoms with Gasteiger partial charge in [0.2, 0.25) is 0 Å². The molecule has 1 saturated carbocycles. The lowest BCUT2D eigenvalue weighted by atomic mass is 10.1. The standard InChI is InChI=1S/C11H14N2O2/c1-6-7(3-2-4-10(6)14)11(15)13-9-5-8(9)12/h2-4,8-9,14H,5,12H2,1H3,(H,13,15). The minimum atomic E-state index is -0.165. The summed E-state index contributed by atoms with van der Waals surface area (Å²) in [5.74, 6) is -0.0240. The van der Waals surface area contributed by atoms with Crippen LogP contribution in [0.5, 0.6) is 5.75 Å². The molecule has 2 unspecified atom stereocenters. The van der Waals surface area contributed by atoms with Crippen LogP contribution in [0.1, 0.15) is 22.3 Å². The Morgan fingerprint density at radius 1 is 1.60 bits per heavy atom. The fourth-order valence-electron chi connectivity index (χ4n) is 1.50. The molecule has 0 heterocycles. The number of rotatable bonds is 2. The van der Waals surface area contributed by atoms with Crippen LogP contribution < -0.4 is 11.1 Å². The summed E-state index contributed by atoms with van der Waals surface area (Å²) in [4.78, 5) is 11.7. The van der Waals surface area contributed by atoms with Gasteiger partial charge < -0.3 is 16.2 Å². The maximum absolute atomic E-state index is 11.7. The molecule has 2 rings (SSSR count). The van der Waals surface area contributed by atoms with Crippen molar-refractivity contribution in [1.29, 1.82) is 0 Å². The summed E-state index contributed by atoms with van der Waals surface area (Å²) >= 11 is 0. The second kappa shape index (κ2) is 3.55. The zero-order chi connectivity index (χ0) is 11.0. The monoisotopic (exact) mass is 206 g/mol. The van der Waals surface area contributed by atoms with Gasteiger partial charge in [-0.2, -0.15) is 0 Å². The van der Waals surface area contributed by atoms with Crippen LogP contribution in [0.3, 0.4) is 0 Å². The van der Waals surface area contributed by atoms with Gasteiger partial charge in [-0.05, 0) is 25.5 Å². The van der Waals surface area contributed by atoms with Crippen molar-refractivity contribution in [1.82, 2.24) is 5.32 Å². The lowest BCUT2D eigenvalue weighted by Crippen LogP contribution is -2.30. The molecule has 0 bridgehead atoms. The first-order chi connectivity index (χ1) is 7.09. The summed E-state index contributed by atoms with van der Waals surface area (Å²) in [6, 6.07) is 5.10. The Morgan fingerprint density at radius 2 is 2.27 bits per heavy atom. The lowest BCUT2D eigenvalue weighted by Gasteiger charge is -2.07. The van der Waals surface area contributed by atoms with E-state index in [0.29, 0.717) is 11.1 Å².